The number of alkyl halides is 6. The Morgan fingerprint density at radius 2 is 1.44 bits per heavy atom. The summed E-state index contributed by atoms with van der Waals surface area (Å²) in [7, 11) is 0. The van der Waals surface area contributed by atoms with E-state index >= 15 is 0 Å². The van der Waals surface area contributed by atoms with Crippen LogP contribution in [0.25, 0.3) is 0 Å². The molecule has 2 rings (SSSR count). The zero-order valence-corrected chi connectivity index (χ0v) is 12.2. The average Bonchev–Trinajstić information content (AvgIpc) is 2.51. The van der Waals surface area contributed by atoms with Crippen LogP contribution in [0.4, 0.5) is 30.7 Å². The van der Waals surface area contributed by atoms with Gasteiger partial charge in [-0.05, 0) is 35.9 Å². The molecule has 0 atom stereocenters. The maximum Gasteiger partial charge on any atom is 0.416 e. The van der Waals surface area contributed by atoms with Crippen molar-refractivity contribution < 1.29 is 35.5 Å². The average molecular weight is 363 g/mol. The number of benzene rings is 2. The zero-order chi connectivity index (χ0) is 18.8. The number of hydrogen-bond donors (Lipinski definition) is 0. The molecule has 0 aliphatic heterocycles. The van der Waals surface area contributed by atoms with Gasteiger partial charge in [-0.15, -0.1) is 0 Å². The summed E-state index contributed by atoms with van der Waals surface area (Å²) in [6.07, 6.45) is -9.92. The molecule has 25 heavy (non-hydrogen) atoms. The summed E-state index contributed by atoms with van der Waals surface area (Å²) in [6.45, 7) is -0.641. The third-order valence-corrected chi connectivity index (χ3v) is 3.11. The predicted molar refractivity (Wildman–Crippen MR) is 71.9 cm³/mol. The van der Waals surface area contributed by atoms with Gasteiger partial charge in [-0.1, -0.05) is 0 Å². The van der Waals surface area contributed by atoms with Gasteiger partial charge in [0.15, 0.2) is 0 Å². The number of hydrogen-bond acceptors (Lipinski definition) is 2. The standard InChI is InChI=1S/C16H8F7NO/c17-14-6-13(2-1-10(14)7-24)25-8-9-3-11(15(18,19)20)5-12(4-9)16(21,22)23/h1-6H,8H2. The van der Waals surface area contributed by atoms with E-state index in [9.17, 15) is 30.7 Å². The molecule has 0 unspecified atom stereocenters. The molecular formula is C16H8F7NO. The van der Waals surface area contributed by atoms with Gasteiger partial charge in [0, 0.05) is 6.07 Å². The fourth-order valence-corrected chi connectivity index (χ4v) is 1.95. The second kappa shape index (κ2) is 6.63. The van der Waals surface area contributed by atoms with Crippen LogP contribution in [0.3, 0.4) is 0 Å². The van der Waals surface area contributed by atoms with Gasteiger partial charge < -0.3 is 4.74 Å². The van der Waals surface area contributed by atoms with Gasteiger partial charge in [0.05, 0.1) is 16.7 Å². The Morgan fingerprint density at radius 3 is 1.88 bits per heavy atom. The van der Waals surface area contributed by atoms with Crippen LogP contribution in [-0.2, 0) is 19.0 Å². The van der Waals surface area contributed by atoms with Gasteiger partial charge in [0.25, 0.3) is 0 Å². The lowest BCUT2D eigenvalue weighted by molar-refractivity contribution is -0.143. The molecule has 0 saturated carbocycles. The topological polar surface area (TPSA) is 33.0 Å². The molecule has 0 heterocycles. The Balaban J connectivity index is 2.30. The van der Waals surface area contributed by atoms with Crippen LogP contribution in [-0.4, -0.2) is 0 Å². The first-order valence-corrected chi connectivity index (χ1v) is 6.61. The summed E-state index contributed by atoms with van der Waals surface area (Å²) in [5.74, 6) is -1.05. The summed E-state index contributed by atoms with van der Waals surface area (Å²) < 4.78 is 94.9. The highest BCUT2D eigenvalue weighted by Gasteiger charge is 2.36. The normalized spacial score (nSPS) is 11.9. The maximum absolute atomic E-state index is 13.4. The number of nitrogens with zero attached hydrogens (tertiary/aromatic N) is 1. The number of rotatable bonds is 3. The largest absolute Gasteiger partial charge is 0.489 e. The van der Waals surface area contributed by atoms with Gasteiger partial charge in [-0.25, -0.2) is 4.39 Å². The van der Waals surface area contributed by atoms with Crippen molar-refractivity contribution in [3.8, 4) is 11.8 Å². The van der Waals surface area contributed by atoms with Crippen LogP contribution in [0.15, 0.2) is 36.4 Å². The summed E-state index contributed by atoms with van der Waals surface area (Å²) in [4.78, 5) is 0. The van der Waals surface area contributed by atoms with E-state index in [-0.39, 0.29) is 22.9 Å². The highest BCUT2D eigenvalue weighted by atomic mass is 19.4. The van der Waals surface area contributed by atoms with E-state index in [0.717, 1.165) is 12.1 Å². The molecule has 0 aliphatic rings. The monoisotopic (exact) mass is 363 g/mol. The van der Waals surface area contributed by atoms with Crippen LogP contribution in [0, 0.1) is 17.1 Å². The third-order valence-electron chi connectivity index (χ3n) is 3.11. The van der Waals surface area contributed by atoms with Crippen molar-refractivity contribution in [1.29, 1.82) is 5.26 Å². The van der Waals surface area contributed by atoms with E-state index in [4.69, 9.17) is 10.00 Å². The molecule has 9 heteroatoms. The third kappa shape index (κ3) is 4.62. The van der Waals surface area contributed by atoms with Crippen molar-refractivity contribution in [1.82, 2.24) is 0 Å². The van der Waals surface area contributed by atoms with Crippen LogP contribution in [0.5, 0.6) is 5.75 Å². The Kier molecular flexibility index (Phi) is 4.92. The van der Waals surface area contributed by atoms with Crippen LogP contribution < -0.4 is 4.74 Å². The second-order valence-corrected chi connectivity index (χ2v) is 4.96. The minimum absolute atomic E-state index is 0.00484. The highest BCUT2D eigenvalue weighted by Crippen LogP contribution is 2.36. The fraction of sp³-hybridized carbons (Fsp3) is 0.188. The fourth-order valence-electron chi connectivity index (χ4n) is 1.95. The van der Waals surface area contributed by atoms with Gasteiger partial charge in [0.1, 0.15) is 24.2 Å². The summed E-state index contributed by atoms with van der Waals surface area (Å²) in [5, 5.41) is 8.59. The minimum Gasteiger partial charge on any atom is -0.489 e. The van der Waals surface area contributed by atoms with Crippen molar-refractivity contribution in [3.05, 3.63) is 64.5 Å². The molecule has 2 nitrogen and oxygen atoms in total. The Hall–Kier alpha value is -2.76. The van der Waals surface area contributed by atoms with Crippen LogP contribution in [0.1, 0.15) is 22.3 Å². The molecule has 0 saturated heterocycles. The van der Waals surface area contributed by atoms with Crippen molar-refractivity contribution in [2.45, 2.75) is 19.0 Å². The zero-order valence-electron chi connectivity index (χ0n) is 12.2. The smallest absolute Gasteiger partial charge is 0.416 e. The van der Waals surface area contributed by atoms with E-state index in [2.05, 4.69) is 0 Å². The van der Waals surface area contributed by atoms with E-state index in [1.54, 1.807) is 6.07 Å². The summed E-state index contributed by atoms with van der Waals surface area (Å²) in [6, 6.07) is 5.69. The van der Waals surface area contributed by atoms with Gasteiger partial charge in [-0.2, -0.15) is 31.6 Å². The molecule has 0 radical (unpaired) electrons. The highest BCUT2D eigenvalue weighted by molar-refractivity contribution is 5.37. The van der Waals surface area contributed by atoms with E-state index in [1.165, 1.54) is 6.07 Å². The van der Waals surface area contributed by atoms with E-state index in [1.807, 2.05) is 0 Å². The molecule has 132 valence electrons. The van der Waals surface area contributed by atoms with Crippen molar-refractivity contribution in [2.24, 2.45) is 0 Å². The van der Waals surface area contributed by atoms with Gasteiger partial charge in [0.2, 0.25) is 0 Å². The molecule has 0 aliphatic carbocycles. The molecule has 0 aromatic heterocycles. The first-order valence-electron chi connectivity index (χ1n) is 6.61. The number of nitriles is 1. The molecule has 2 aromatic rings. The first-order chi connectivity index (χ1) is 11.5. The summed E-state index contributed by atoms with van der Waals surface area (Å²) in [5.41, 5.74) is -3.59. The van der Waals surface area contributed by atoms with Crippen LogP contribution in [0.2, 0.25) is 0 Å². The van der Waals surface area contributed by atoms with Gasteiger partial charge >= 0.3 is 12.4 Å². The molecule has 2 aromatic carbocycles. The van der Waals surface area contributed by atoms with Crippen molar-refractivity contribution in [2.75, 3.05) is 0 Å². The second-order valence-electron chi connectivity index (χ2n) is 4.96. The molecule has 0 N–H and O–H groups in total. The lowest BCUT2D eigenvalue weighted by atomic mass is 10.1. The minimum atomic E-state index is -4.96. The predicted octanol–water partition coefficient (Wildman–Crippen LogP) is 5.31. The quantitative estimate of drug-likeness (QED) is 0.692. The van der Waals surface area contributed by atoms with Crippen LogP contribution >= 0.6 is 0 Å². The Morgan fingerprint density at radius 1 is 0.880 bits per heavy atom. The van der Waals surface area contributed by atoms with Crippen molar-refractivity contribution in [3.63, 3.8) is 0 Å². The molecule has 0 fully saturated rings. The Labute approximate surface area is 137 Å². The summed E-state index contributed by atoms with van der Waals surface area (Å²) >= 11 is 0. The number of ether oxygens (including phenoxy) is 1. The SMILES string of the molecule is N#Cc1ccc(OCc2cc(C(F)(F)F)cc(C(F)(F)F)c2)cc1F. The van der Waals surface area contributed by atoms with E-state index in [0.29, 0.717) is 12.1 Å². The van der Waals surface area contributed by atoms with Gasteiger partial charge in [-0.3, -0.25) is 0 Å². The molecular weight excluding hydrogens is 355 g/mol. The number of halogens is 7. The Bertz CT molecular complexity index is 786. The maximum atomic E-state index is 13.4. The van der Waals surface area contributed by atoms with E-state index < -0.39 is 35.9 Å². The molecule has 0 spiro atoms. The molecule has 0 amide bonds. The lowest BCUT2D eigenvalue weighted by Crippen LogP contribution is -2.12. The molecule has 0 bridgehead atoms. The lowest BCUT2D eigenvalue weighted by Gasteiger charge is -2.14. The first kappa shape index (κ1) is 18.6. The van der Waals surface area contributed by atoms with Crippen molar-refractivity contribution >= 4 is 0 Å².